The standard InChI is InChI=1S/C19H20FNO2/c1-13(2)21-16(11-14-10-15(20)8-9-17(14)21)12-23-19-7-5-4-6-18(19)22-3/h4-11,13H,12H2,1-3H3. The first-order chi connectivity index (χ1) is 11.1. The molecule has 1 heterocycles. The highest BCUT2D eigenvalue weighted by Gasteiger charge is 2.13. The number of hydrogen-bond donors (Lipinski definition) is 0. The normalized spacial score (nSPS) is 11.2. The summed E-state index contributed by atoms with van der Waals surface area (Å²) in [6, 6.07) is 14.7. The molecule has 0 unspecified atom stereocenters. The maximum Gasteiger partial charge on any atom is 0.161 e. The van der Waals surface area contributed by atoms with Gasteiger partial charge in [-0.15, -0.1) is 0 Å². The van der Waals surface area contributed by atoms with Crippen LogP contribution in [0.15, 0.2) is 48.5 Å². The van der Waals surface area contributed by atoms with E-state index in [1.807, 2.05) is 36.4 Å². The molecule has 0 aliphatic rings. The van der Waals surface area contributed by atoms with E-state index in [2.05, 4.69) is 18.4 Å². The van der Waals surface area contributed by atoms with Crippen LogP contribution < -0.4 is 9.47 Å². The third-order valence-electron chi connectivity index (χ3n) is 3.84. The van der Waals surface area contributed by atoms with Crippen LogP contribution in [0.4, 0.5) is 4.39 Å². The van der Waals surface area contributed by atoms with Gasteiger partial charge in [-0.1, -0.05) is 12.1 Å². The van der Waals surface area contributed by atoms with Gasteiger partial charge in [0.1, 0.15) is 12.4 Å². The third kappa shape index (κ3) is 3.02. The molecule has 23 heavy (non-hydrogen) atoms. The maximum absolute atomic E-state index is 13.5. The van der Waals surface area contributed by atoms with Crippen LogP contribution in [0.1, 0.15) is 25.6 Å². The topological polar surface area (TPSA) is 23.4 Å². The molecule has 0 saturated carbocycles. The van der Waals surface area contributed by atoms with Gasteiger partial charge in [-0.05, 0) is 50.2 Å². The number of benzene rings is 2. The molecule has 3 rings (SSSR count). The largest absolute Gasteiger partial charge is 0.493 e. The highest BCUT2D eigenvalue weighted by Crippen LogP contribution is 2.29. The highest BCUT2D eigenvalue weighted by molar-refractivity contribution is 5.81. The Morgan fingerprint density at radius 2 is 1.78 bits per heavy atom. The summed E-state index contributed by atoms with van der Waals surface area (Å²) >= 11 is 0. The number of halogens is 1. The van der Waals surface area contributed by atoms with Crippen LogP contribution in [0, 0.1) is 5.82 Å². The fourth-order valence-corrected chi connectivity index (χ4v) is 2.87. The number of fused-ring (bicyclic) bond motifs is 1. The molecular weight excluding hydrogens is 293 g/mol. The lowest BCUT2D eigenvalue weighted by atomic mass is 10.2. The lowest BCUT2D eigenvalue weighted by molar-refractivity contribution is 0.274. The molecule has 0 fully saturated rings. The maximum atomic E-state index is 13.5. The van der Waals surface area contributed by atoms with E-state index in [1.54, 1.807) is 13.2 Å². The van der Waals surface area contributed by atoms with Crippen molar-refractivity contribution < 1.29 is 13.9 Å². The molecule has 3 nitrogen and oxygen atoms in total. The Hall–Kier alpha value is -2.49. The zero-order valence-corrected chi connectivity index (χ0v) is 13.5. The van der Waals surface area contributed by atoms with Crippen LogP contribution in [0.3, 0.4) is 0 Å². The van der Waals surface area contributed by atoms with Crippen LogP contribution in [-0.4, -0.2) is 11.7 Å². The van der Waals surface area contributed by atoms with Gasteiger partial charge < -0.3 is 14.0 Å². The van der Waals surface area contributed by atoms with E-state index in [4.69, 9.17) is 9.47 Å². The minimum absolute atomic E-state index is 0.226. The molecule has 4 heteroatoms. The minimum Gasteiger partial charge on any atom is -0.493 e. The molecule has 0 aliphatic carbocycles. The number of nitrogens with zero attached hydrogens (tertiary/aromatic N) is 1. The van der Waals surface area contributed by atoms with Gasteiger partial charge >= 0.3 is 0 Å². The Labute approximate surface area is 135 Å². The van der Waals surface area contributed by atoms with Crippen LogP contribution in [0.2, 0.25) is 0 Å². The van der Waals surface area contributed by atoms with Crippen LogP contribution >= 0.6 is 0 Å². The molecule has 0 radical (unpaired) electrons. The predicted molar refractivity (Wildman–Crippen MR) is 89.6 cm³/mol. The second-order valence-corrected chi connectivity index (χ2v) is 5.74. The first-order valence-corrected chi connectivity index (χ1v) is 7.65. The summed E-state index contributed by atoms with van der Waals surface area (Å²) in [6.07, 6.45) is 0. The van der Waals surface area contributed by atoms with E-state index in [0.717, 1.165) is 16.6 Å². The van der Waals surface area contributed by atoms with E-state index < -0.39 is 0 Å². The zero-order chi connectivity index (χ0) is 16.4. The molecule has 0 saturated heterocycles. The molecule has 0 spiro atoms. The quantitative estimate of drug-likeness (QED) is 0.665. The Morgan fingerprint density at radius 1 is 1.04 bits per heavy atom. The van der Waals surface area contributed by atoms with Crippen LogP contribution in [0.25, 0.3) is 10.9 Å². The van der Waals surface area contributed by atoms with E-state index in [0.29, 0.717) is 18.1 Å². The number of aromatic nitrogens is 1. The fourth-order valence-electron chi connectivity index (χ4n) is 2.87. The Bertz CT molecular complexity index is 823. The summed E-state index contributed by atoms with van der Waals surface area (Å²) < 4.78 is 26.9. The van der Waals surface area contributed by atoms with Crippen molar-refractivity contribution in [2.24, 2.45) is 0 Å². The minimum atomic E-state index is -0.226. The van der Waals surface area contributed by atoms with Gasteiger partial charge in [0.25, 0.3) is 0 Å². The van der Waals surface area contributed by atoms with Crippen molar-refractivity contribution >= 4 is 10.9 Å². The first-order valence-electron chi connectivity index (χ1n) is 7.65. The van der Waals surface area contributed by atoms with Crippen molar-refractivity contribution in [2.75, 3.05) is 7.11 Å². The molecule has 2 aromatic carbocycles. The molecule has 0 atom stereocenters. The van der Waals surface area contributed by atoms with Crippen molar-refractivity contribution in [3.8, 4) is 11.5 Å². The first kappa shape index (κ1) is 15.4. The molecule has 0 N–H and O–H groups in total. The summed E-state index contributed by atoms with van der Waals surface area (Å²) in [5, 5.41) is 0.886. The Morgan fingerprint density at radius 3 is 2.48 bits per heavy atom. The number of hydrogen-bond acceptors (Lipinski definition) is 2. The van der Waals surface area contributed by atoms with Gasteiger partial charge in [-0.25, -0.2) is 4.39 Å². The zero-order valence-electron chi connectivity index (χ0n) is 13.5. The number of methoxy groups -OCH3 is 1. The molecular formula is C19H20FNO2. The van der Waals surface area contributed by atoms with Crippen molar-refractivity contribution in [3.05, 3.63) is 60.0 Å². The number of rotatable bonds is 5. The van der Waals surface area contributed by atoms with E-state index in [-0.39, 0.29) is 11.9 Å². The van der Waals surface area contributed by atoms with Gasteiger partial charge in [0.15, 0.2) is 11.5 Å². The molecule has 1 aromatic heterocycles. The summed E-state index contributed by atoms with van der Waals surface area (Å²) in [4.78, 5) is 0. The second kappa shape index (κ2) is 6.32. The van der Waals surface area contributed by atoms with E-state index >= 15 is 0 Å². The molecule has 0 aliphatic heterocycles. The van der Waals surface area contributed by atoms with Gasteiger partial charge in [0, 0.05) is 16.9 Å². The van der Waals surface area contributed by atoms with E-state index in [1.165, 1.54) is 6.07 Å². The average Bonchev–Trinajstić information content (AvgIpc) is 2.90. The lowest BCUT2D eigenvalue weighted by Crippen LogP contribution is -2.08. The molecule has 120 valence electrons. The van der Waals surface area contributed by atoms with Crippen molar-refractivity contribution in [2.45, 2.75) is 26.5 Å². The smallest absolute Gasteiger partial charge is 0.161 e. The molecule has 0 bridgehead atoms. The Balaban J connectivity index is 1.94. The highest BCUT2D eigenvalue weighted by atomic mass is 19.1. The lowest BCUT2D eigenvalue weighted by Gasteiger charge is -2.16. The Kier molecular flexibility index (Phi) is 4.24. The van der Waals surface area contributed by atoms with Gasteiger partial charge in [-0.2, -0.15) is 0 Å². The van der Waals surface area contributed by atoms with Gasteiger partial charge in [0.2, 0.25) is 0 Å². The fraction of sp³-hybridized carbons (Fsp3) is 0.263. The second-order valence-electron chi connectivity index (χ2n) is 5.74. The van der Waals surface area contributed by atoms with E-state index in [9.17, 15) is 4.39 Å². The molecule has 3 aromatic rings. The van der Waals surface area contributed by atoms with Crippen LogP contribution in [0.5, 0.6) is 11.5 Å². The average molecular weight is 313 g/mol. The monoisotopic (exact) mass is 313 g/mol. The summed E-state index contributed by atoms with van der Waals surface area (Å²) in [5.41, 5.74) is 2.02. The number of para-hydroxylation sites is 2. The van der Waals surface area contributed by atoms with Crippen molar-refractivity contribution in [1.82, 2.24) is 4.57 Å². The number of ether oxygens (including phenoxy) is 2. The molecule has 0 amide bonds. The summed E-state index contributed by atoms with van der Waals surface area (Å²) in [5.74, 6) is 1.17. The summed E-state index contributed by atoms with van der Waals surface area (Å²) in [7, 11) is 1.62. The van der Waals surface area contributed by atoms with Gasteiger partial charge in [-0.3, -0.25) is 0 Å². The third-order valence-corrected chi connectivity index (χ3v) is 3.84. The van der Waals surface area contributed by atoms with Crippen molar-refractivity contribution in [1.29, 1.82) is 0 Å². The van der Waals surface area contributed by atoms with Crippen LogP contribution in [-0.2, 0) is 6.61 Å². The SMILES string of the molecule is COc1ccccc1OCc1cc2cc(F)ccc2n1C(C)C. The van der Waals surface area contributed by atoms with Gasteiger partial charge in [0.05, 0.1) is 12.8 Å². The summed E-state index contributed by atoms with van der Waals surface area (Å²) in [6.45, 7) is 4.61. The predicted octanol–water partition coefficient (Wildman–Crippen LogP) is 4.95. The van der Waals surface area contributed by atoms with Crippen molar-refractivity contribution in [3.63, 3.8) is 0 Å².